The summed E-state index contributed by atoms with van der Waals surface area (Å²) in [6.07, 6.45) is 0. The van der Waals surface area contributed by atoms with E-state index in [0.29, 0.717) is 0 Å². The molecule has 0 aromatic carbocycles. The monoisotopic (exact) mass is 799 g/mol. The minimum atomic E-state index is -3.06. The zero-order valence-electron chi connectivity index (χ0n) is 20.0. The van der Waals surface area contributed by atoms with Gasteiger partial charge in [0.15, 0.2) is 23.6 Å². The van der Waals surface area contributed by atoms with E-state index < -0.39 is 24.9 Å². The summed E-state index contributed by atoms with van der Waals surface area (Å²) in [6, 6.07) is 4.59. The first-order chi connectivity index (χ1) is 15.1. The summed E-state index contributed by atoms with van der Waals surface area (Å²) in [5.74, 6) is 0. The molecule has 12 atom stereocenters. The van der Waals surface area contributed by atoms with Crippen LogP contribution in [-0.4, -0.2) is 104 Å². The Balaban J connectivity index is 0.000000132. The van der Waals surface area contributed by atoms with Crippen LogP contribution in [0.1, 0.15) is 41.5 Å². The van der Waals surface area contributed by atoms with Gasteiger partial charge in [-0.15, -0.1) is 0 Å². The summed E-state index contributed by atoms with van der Waals surface area (Å²) < 4.78 is 15.6. The van der Waals surface area contributed by atoms with Gasteiger partial charge < -0.3 is 0 Å². The molecule has 0 spiro atoms. The Labute approximate surface area is 229 Å². The molecule has 6 aliphatic heterocycles. The molecule has 0 aliphatic carbocycles. The van der Waals surface area contributed by atoms with Crippen LogP contribution in [0.25, 0.3) is 0 Å². The van der Waals surface area contributed by atoms with Crippen LogP contribution in [-0.2, 0) is 35.5 Å². The van der Waals surface area contributed by atoms with Crippen molar-refractivity contribution in [3.05, 3.63) is 0 Å². The van der Waals surface area contributed by atoms with Crippen LogP contribution in [0.2, 0.25) is 0 Å². The van der Waals surface area contributed by atoms with Gasteiger partial charge in [-0.3, -0.25) is 0 Å². The fourth-order valence-corrected chi connectivity index (χ4v) is 16.6. The summed E-state index contributed by atoms with van der Waals surface area (Å²) in [6.45, 7) is 18.7. The van der Waals surface area contributed by atoms with E-state index in [1.54, 1.807) is 0 Å². The van der Waals surface area contributed by atoms with Crippen LogP contribution in [0.5, 0.6) is 0 Å². The fourth-order valence-electron chi connectivity index (χ4n) is 4.47. The quantitative estimate of drug-likeness (QED) is 0.164. The SMILES string of the molecule is CC1CN1P(=[SH+])(N1CC1C)N1CC1C.CC1CN1P(=[SH+])(N1CC1C)N1CC1C.[Cl][Pt]([Cl])([Cl])[Cl]. The van der Waals surface area contributed by atoms with Gasteiger partial charge in [-0.2, -0.15) is 0 Å². The van der Waals surface area contributed by atoms with Gasteiger partial charge in [0.05, 0.1) is 0 Å². The molecule has 0 bridgehead atoms. The van der Waals surface area contributed by atoms with Gasteiger partial charge in [0.2, 0.25) is 0 Å². The van der Waals surface area contributed by atoms with Crippen LogP contribution in [0.15, 0.2) is 0 Å². The van der Waals surface area contributed by atoms with Crippen molar-refractivity contribution in [1.29, 1.82) is 0 Å². The van der Waals surface area contributed by atoms with E-state index >= 15 is 0 Å². The molecule has 6 saturated heterocycles. The third-order valence-electron chi connectivity index (χ3n) is 7.03. The number of nitrogens with zero attached hydrogens (tertiary/aromatic N) is 6. The molecule has 6 nitrogen and oxygen atoms in total. The van der Waals surface area contributed by atoms with E-state index in [1.807, 2.05) is 0 Å². The van der Waals surface area contributed by atoms with Crippen molar-refractivity contribution in [2.75, 3.05) is 39.3 Å². The van der Waals surface area contributed by atoms with Crippen molar-refractivity contribution >= 4 is 74.3 Å². The number of hydrogen-bond donors (Lipinski definition) is 0. The molecule has 6 heterocycles. The maximum atomic E-state index is 5.06. The summed E-state index contributed by atoms with van der Waals surface area (Å²) in [7, 11) is 20.0. The maximum absolute atomic E-state index is 5.06. The molecule has 6 rings (SSSR count). The molecule has 0 amide bonds. The first-order valence-electron chi connectivity index (χ1n) is 11.4. The molecule has 0 saturated carbocycles. The normalized spacial score (nSPS) is 52.4. The second-order valence-corrected chi connectivity index (χ2v) is 38.3. The Hall–Kier alpha value is 2.91. The first-order valence-corrected chi connectivity index (χ1v) is 28.3. The Kier molecular flexibility index (Phi) is 8.88. The Morgan fingerprint density at radius 3 is 0.636 bits per heavy atom. The predicted octanol–water partition coefficient (Wildman–Crippen LogP) is 4.87. The summed E-state index contributed by atoms with van der Waals surface area (Å²) in [5, 5.41) is 0. The molecule has 12 unspecified atom stereocenters. The number of thiol groups is 2. The average Bonchev–Trinajstić information content (AvgIpc) is 3.45. The van der Waals surface area contributed by atoms with E-state index in [-0.39, 0.29) is 0 Å². The molecule has 15 heteroatoms. The standard InChI is InChI=1S/2C9H18N3PS.4ClH.Pt/c2*1-7-4-10(7)13(14,11-5-8(11)2)12-6-9(12)3;;;;;/h2*7-9H,4-6H2,1-3H3;4*1H;/q;;;;;;+4/p-2. The van der Waals surface area contributed by atoms with Gasteiger partial charge in [0.25, 0.3) is 0 Å². The van der Waals surface area contributed by atoms with Gasteiger partial charge >= 0.3 is 62.5 Å². The Bertz CT molecular complexity index is 707. The Morgan fingerprint density at radius 2 is 0.576 bits per heavy atom. The van der Waals surface area contributed by atoms with Crippen molar-refractivity contribution in [1.82, 2.24) is 28.0 Å². The van der Waals surface area contributed by atoms with Crippen LogP contribution in [0, 0.1) is 0 Å². The third-order valence-corrected chi connectivity index (χ3v) is 18.6. The van der Waals surface area contributed by atoms with E-state index in [2.05, 4.69) is 69.6 Å². The molecule has 0 radical (unpaired) electrons. The molecule has 0 aromatic heterocycles. The van der Waals surface area contributed by atoms with Crippen molar-refractivity contribution in [3.8, 4) is 0 Å². The van der Waals surface area contributed by atoms with Gasteiger partial charge in [0, 0.05) is 75.5 Å². The Morgan fingerprint density at radius 1 is 0.485 bits per heavy atom. The summed E-state index contributed by atoms with van der Waals surface area (Å²) in [4.78, 5) is 0. The van der Waals surface area contributed by atoms with Crippen molar-refractivity contribution in [2.24, 2.45) is 0 Å². The molecule has 33 heavy (non-hydrogen) atoms. The number of hydrogen-bond acceptors (Lipinski definition) is 0. The van der Waals surface area contributed by atoms with Crippen molar-refractivity contribution in [3.63, 3.8) is 0 Å². The molecule has 198 valence electrons. The predicted molar refractivity (Wildman–Crippen MR) is 152 cm³/mol. The second-order valence-electron chi connectivity index (χ2n) is 10.2. The van der Waals surface area contributed by atoms with E-state index in [0.717, 1.165) is 36.3 Å². The van der Waals surface area contributed by atoms with Crippen LogP contribution >= 0.6 is 50.7 Å². The van der Waals surface area contributed by atoms with Crippen LogP contribution < -0.4 is 0 Å². The summed E-state index contributed by atoms with van der Waals surface area (Å²) in [5.41, 5.74) is 0. The topological polar surface area (TPSA) is 18.1 Å². The van der Waals surface area contributed by atoms with Crippen molar-refractivity contribution in [2.45, 2.75) is 77.8 Å². The number of halogens is 4. The summed E-state index contributed by atoms with van der Waals surface area (Å²) >= 11 is 7.06. The van der Waals surface area contributed by atoms with Crippen LogP contribution in [0.3, 0.4) is 0 Å². The minimum absolute atomic E-state index is 0.765. The van der Waals surface area contributed by atoms with Crippen molar-refractivity contribution < 1.29 is 11.9 Å². The molecule has 0 aromatic rings. The number of rotatable bonds is 6. The van der Waals surface area contributed by atoms with Gasteiger partial charge in [-0.1, -0.05) is 0 Å². The second kappa shape index (κ2) is 10.1. The van der Waals surface area contributed by atoms with Crippen LogP contribution in [0.4, 0.5) is 0 Å². The van der Waals surface area contributed by atoms with Gasteiger partial charge in [-0.25, -0.2) is 28.0 Å². The average molecular weight is 802 g/mol. The zero-order valence-corrected chi connectivity index (χ0v) is 28.9. The van der Waals surface area contributed by atoms with E-state index in [9.17, 15) is 0 Å². The molecular weight excluding hydrogens is 763 g/mol. The van der Waals surface area contributed by atoms with Gasteiger partial charge in [-0.05, 0) is 41.5 Å². The molecule has 0 N–H and O–H groups in total. The third kappa shape index (κ3) is 6.74. The molecule has 6 fully saturated rings. The zero-order chi connectivity index (χ0) is 24.7. The fraction of sp³-hybridized carbons (Fsp3) is 1.00. The van der Waals surface area contributed by atoms with E-state index in [4.69, 9.17) is 61.3 Å². The molecular formula is C18H38Cl4N6P2PtS2+2. The first kappa shape index (κ1) is 28.9. The molecule has 6 aliphatic rings. The van der Waals surface area contributed by atoms with E-state index in [1.165, 1.54) is 39.3 Å². The van der Waals surface area contributed by atoms with Gasteiger partial charge in [0.1, 0.15) is 0 Å².